The van der Waals surface area contributed by atoms with Crippen molar-refractivity contribution in [3.63, 3.8) is 0 Å². The molecule has 0 bridgehead atoms. The summed E-state index contributed by atoms with van der Waals surface area (Å²) < 4.78 is 0. The first-order valence-electron chi connectivity index (χ1n) is 6.02. The van der Waals surface area contributed by atoms with Gasteiger partial charge in [-0.05, 0) is 42.9 Å². The molecule has 1 aromatic rings. The molecule has 1 aliphatic carbocycles. The Morgan fingerprint density at radius 2 is 2.07 bits per heavy atom. The molecule has 0 spiro atoms. The zero-order valence-electron chi connectivity index (χ0n) is 9.84. The van der Waals surface area contributed by atoms with E-state index in [9.17, 15) is 0 Å². The second kappa shape index (κ2) is 3.97. The highest BCUT2D eigenvalue weighted by Gasteiger charge is 2.37. The third kappa shape index (κ3) is 1.69. The van der Waals surface area contributed by atoms with Gasteiger partial charge in [0.05, 0.1) is 0 Å². The number of hydrogen-bond donors (Lipinski definition) is 1. The maximum absolute atomic E-state index is 5.92. The largest absolute Gasteiger partial charge is 0.330 e. The summed E-state index contributed by atoms with van der Waals surface area (Å²) in [5.74, 6) is 0. The quantitative estimate of drug-likeness (QED) is 0.803. The van der Waals surface area contributed by atoms with Gasteiger partial charge in [0.1, 0.15) is 0 Å². The monoisotopic (exact) mass is 203 g/mol. The highest BCUT2D eigenvalue weighted by atomic mass is 14.6. The lowest BCUT2D eigenvalue weighted by Gasteiger charge is -2.41. The summed E-state index contributed by atoms with van der Waals surface area (Å²) in [6.45, 7) is 5.23. The van der Waals surface area contributed by atoms with Crippen molar-refractivity contribution in [1.29, 1.82) is 0 Å². The third-order valence-corrected chi connectivity index (χ3v) is 4.04. The van der Waals surface area contributed by atoms with Gasteiger partial charge in [-0.25, -0.2) is 0 Å². The van der Waals surface area contributed by atoms with Gasteiger partial charge in [0.2, 0.25) is 0 Å². The van der Waals surface area contributed by atoms with E-state index in [2.05, 4.69) is 32.0 Å². The molecule has 15 heavy (non-hydrogen) atoms. The fraction of sp³-hybridized carbons (Fsp3) is 0.571. The van der Waals surface area contributed by atoms with Crippen molar-refractivity contribution in [2.75, 3.05) is 6.54 Å². The lowest BCUT2D eigenvalue weighted by atomic mass is 9.64. The predicted molar refractivity (Wildman–Crippen MR) is 65.1 cm³/mol. The summed E-state index contributed by atoms with van der Waals surface area (Å²) in [5, 5.41) is 0. The Morgan fingerprint density at radius 3 is 2.47 bits per heavy atom. The smallest absolute Gasteiger partial charge is 0.00756 e. The van der Waals surface area contributed by atoms with E-state index in [1.165, 1.54) is 36.0 Å². The van der Waals surface area contributed by atoms with E-state index in [-0.39, 0.29) is 0 Å². The molecule has 1 aliphatic rings. The number of benzene rings is 1. The highest BCUT2D eigenvalue weighted by molar-refractivity contribution is 5.37. The first kappa shape index (κ1) is 10.7. The molecule has 0 atom stereocenters. The van der Waals surface area contributed by atoms with E-state index in [1.807, 2.05) is 0 Å². The normalized spacial score (nSPS) is 18.6. The number of rotatable bonds is 3. The Labute approximate surface area is 92.7 Å². The minimum absolute atomic E-state index is 0.316. The summed E-state index contributed by atoms with van der Waals surface area (Å²) in [6, 6.07) is 6.92. The van der Waals surface area contributed by atoms with Crippen molar-refractivity contribution in [3.05, 3.63) is 34.9 Å². The van der Waals surface area contributed by atoms with Crippen LogP contribution in [-0.2, 0) is 11.8 Å². The van der Waals surface area contributed by atoms with Crippen LogP contribution in [0.5, 0.6) is 0 Å². The van der Waals surface area contributed by atoms with E-state index in [4.69, 9.17) is 5.73 Å². The van der Waals surface area contributed by atoms with Crippen molar-refractivity contribution in [1.82, 2.24) is 0 Å². The molecule has 0 saturated heterocycles. The fourth-order valence-electron chi connectivity index (χ4n) is 2.64. The SMILES string of the molecule is CCc1ccc(C2(CN)CCC2)cc1C. The van der Waals surface area contributed by atoms with Crippen LogP contribution in [0.1, 0.15) is 42.9 Å². The lowest BCUT2D eigenvalue weighted by Crippen LogP contribution is -2.41. The zero-order valence-corrected chi connectivity index (χ0v) is 9.84. The van der Waals surface area contributed by atoms with Crippen LogP contribution in [-0.4, -0.2) is 6.54 Å². The molecule has 2 N–H and O–H groups in total. The Bertz CT molecular complexity index is 345. The molecule has 1 fully saturated rings. The van der Waals surface area contributed by atoms with E-state index in [1.54, 1.807) is 0 Å². The molecule has 1 saturated carbocycles. The molecule has 0 aromatic heterocycles. The molecule has 0 aliphatic heterocycles. The van der Waals surface area contributed by atoms with Crippen LogP contribution in [0, 0.1) is 6.92 Å². The number of aryl methyl sites for hydroxylation is 2. The summed E-state index contributed by atoms with van der Waals surface area (Å²) in [5.41, 5.74) is 10.6. The molecular weight excluding hydrogens is 182 g/mol. The summed E-state index contributed by atoms with van der Waals surface area (Å²) >= 11 is 0. The molecule has 0 amide bonds. The maximum Gasteiger partial charge on any atom is 0.00756 e. The van der Waals surface area contributed by atoms with Crippen LogP contribution < -0.4 is 5.73 Å². The van der Waals surface area contributed by atoms with Gasteiger partial charge in [0.15, 0.2) is 0 Å². The summed E-state index contributed by atoms with van der Waals surface area (Å²) in [4.78, 5) is 0. The molecule has 82 valence electrons. The summed E-state index contributed by atoms with van der Waals surface area (Å²) in [7, 11) is 0. The molecule has 1 heteroatoms. The molecule has 0 heterocycles. The molecule has 2 rings (SSSR count). The number of nitrogens with two attached hydrogens (primary N) is 1. The Kier molecular flexibility index (Phi) is 2.83. The maximum atomic E-state index is 5.92. The molecular formula is C14H21N. The van der Waals surface area contributed by atoms with Crippen LogP contribution in [0.3, 0.4) is 0 Å². The third-order valence-electron chi connectivity index (χ3n) is 4.04. The van der Waals surface area contributed by atoms with E-state index >= 15 is 0 Å². The van der Waals surface area contributed by atoms with Crippen molar-refractivity contribution in [2.24, 2.45) is 5.73 Å². The van der Waals surface area contributed by atoms with Crippen LogP contribution >= 0.6 is 0 Å². The standard InChI is InChI=1S/C14H21N/c1-3-12-5-6-13(9-11(12)2)14(10-15)7-4-8-14/h5-6,9H,3-4,7-8,10,15H2,1-2H3. The summed E-state index contributed by atoms with van der Waals surface area (Å²) in [6.07, 6.45) is 5.01. The van der Waals surface area contributed by atoms with Crippen LogP contribution in [0.4, 0.5) is 0 Å². The Morgan fingerprint density at radius 1 is 1.33 bits per heavy atom. The van der Waals surface area contributed by atoms with Gasteiger partial charge in [0.25, 0.3) is 0 Å². The number of hydrogen-bond acceptors (Lipinski definition) is 1. The van der Waals surface area contributed by atoms with Gasteiger partial charge < -0.3 is 5.73 Å². The van der Waals surface area contributed by atoms with Crippen LogP contribution in [0.25, 0.3) is 0 Å². The molecule has 1 aromatic carbocycles. The van der Waals surface area contributed by atoms with Crippen molar-refractivity contribution in [2.45, 2.75) is 44.9 Å². The first-order valence-corrected chi connectivity index (χ1v) is 6.02. The Balaban J connectivity index is 2.33. The van der Waals surface area contributed by atoms with Crippen molar-refractivity contribution < 1.29 is 0 Å². The first-order chi connectivity index (χ1) is 7.22. The van der Waals surface area contributed by atoms with Gasteiger partial charge in [-0.2, -0.15) is 0 Å². The molecule has 0 unspecified atom stereocenters. The zero-order chi connectivity index (χ0) is 10.9. The molecule has 1 nitrogen and oxygen atoms in total. The van der Waals surface area contributed by atoms with E-state index in [0.717, 1.165) is 13.0 Å². The van der Waals surface area contributed by atoms with Crippen LogP contribution in [0.2, 0.25) is 0 Å². The van der Waals surface area contributed by atoms with Crippen molar-refractivity contribution >= 4 is 0 Å². The van der Waals surface area contributed by atoms with Gasteiger partial charge in [-0.15, -0.1) is 0 Å². The van der Waals surface area contributed by atoms with E-state index in [0.29, 0.717) is 5.41 Å². The van der Waals surface area contributed by atoms with Crippen LogP contribution in [0.15, 0.2) is 18.2 Å². The average molecular weight is 203 g/mol. The minimum atomic E-state index is 0.316. The van der Waals surface area contributed by atoms with Gasteiger partial charge in [-0.3, -0.25) is 0 Å². The van der Waals surface area contributed by atoms with Crippen molar-refractivity contribution in [3.8, 4) is 0 Å². The van der Waals surface area contributed by atoms with Gasteiger partial charge in [-0.1, -0.05) is 31.5 Å². The second-order valence-electron chi connectivity index (χ2n) is 4.83. The van der Waals surface area contributed by atoms with E-state index < -0.39 is 0 Å². The van der Waals surface area contributed by atoms with Gasteiger partial charge in [0, 0.05) is 12.0 Å². The minimum Gasteiger partial charge on any atom is -0.330 e. The highest BCUT2D eigenvalue weighted by Crippen LogP contribution is 2.43. The lowest BCUT2D eigenvalue weighted by molar-refractivity contribution is 0.253. The average Bonchev–Trinajstić information content (AvgIpc) is 2.17. The Hall–Kier alpha value is -0.820. The fourth-order valence-corrected chi connectivity index (χ4v) is 2.64. The van der Waals surface area contributed by atoms with Gasteiger partial charge >= 0.3 is 0 Å². The second-order valence-corrected chi connectivity index (χ2v) is 4.83. The topological polar surface area (TPSA) is 26.0 Å². The molecule has 0 radical (unpaired) electrons. The predicted octanol–water partition coefficient (Wildman–Crippen LogP) is 2.94.